The summed E-state index contributed by atoms with van der Waals surface area (Å²) in [5.74, 6) is 1.67. The number of nitrogens with zero attached hydrogens (tertiary/aromatic N) is 3. The van der Waals surface area contributed by atoms with Crippen LogP contribution in [-0.4, -0.2) is 26.4 Å². The van der Waals surface area contributed by atoms with Crippen molar-refractivity contribution in [3.05, 3.63) is 77.6 Å². The zero-order valence-corrected chi connectivity index (χ0v) is 18.6. The molecule has 4 rings (SSSR count). The van der Waals surface area contributed by atoms with Crippen LogP contribution in [0.3, 0.4) is 0 Å². The van der Waals surface area contributed by atoms with E-state index in [1.807, 2.05) is 80.1 Å². The van der Waals surface area contributed by atoms with Gasteiger partial charge in [-0.3, -0.25) is 4.79 Å². The molecule has 0 aliphatic rings. The van der Waals surface area contributed by atoms with Gasteiger partial charge in [0.1, 0.15) is 12.4 Å². The molecule has 6 nitrogen and oxygen atoms in total. The molecule has 0 bridgehead atoms. The minimum absolute atomic E-state index is 0.0858. The number of rotatable bonds is 7. The number of anilines is 1. The molecule has 0 saturated carbocycles. The summed E-state index contributed by atoms with van der Waals surface area (Å²) in [6.07, 6.45) is 0. The zero-order valence-electron chi connectivity index (χ0n) is 17.8. The maximum Gasteiger partial charge on any atom is 0.234 e. The monoisotopic (exact) mass is 432 g/mol. The van der Waals surface area contributed by atoms with Crippen LogP contribution >= 0.6 is 11.8 Å². The first-order valence-corrected chi connectivity index (χ1v) is 11.0. The lowest BCUT2D eigenvalue weighted by atomic mass is 10.1. The summed E-state index contributed by atoms with van der Waals surface area (Å²) in [5.41, 5.74) is 3.12. The Balaban J connectivity index is 1.35. The SMILES string of the molecule is Cc1cc(C)cc(OCc2nnc(SCC(=O)Nc3cccc4ccccc34)n2C)c1. The molecule has 1 aromatic heterocycles. The number of nitrogens with one attached hydrogen (secondary N) is 1. The van der Waals surface area contributed by atoms with Gasteiger partial charge >= 0.3 is 0 Å². The van der Waals surface area contributed by atoms with Crippen molar-refractivity contribution in [2.24, 2.45) is 7.05 Å². The van der Waals surface area contributed by atoms with Crippen molar-refractivity contribution in [3.8, 4) is 5.75 Å². The average Bonchev–Trinajstić information content (AvgIpc) is 3.10. The van der Waals surface area contributed by atoms with Crippen molar-refractivity contribution in [1.82, 2.24) is 14.8 Å². The van der Waals surface area contributed by atoms with E-state index in [0.717, 1.165) is 33.3 Å². The van der Waals surface area contributed by atoms with Crippen LogP contribution in [0.5, 0.6) is 5.75 Å². The van der Waals surface area contributed by atoms with Crippen LogP contribution in [0.2, 0.25) is 0 Å². The summed E-state index contributed by atoms with van der Waals surface area (Å²) < 4.78 is 7.74. The van der Waals surface area contributed by atoms with E-state index in [2.05, 4.69) is 21.6 Å². The lowest BCUT2D eigenvalue weighted by molar-refractivity contribution is -0.113. The molecule has 1 amide bonds. The number of hydrogen-bond acceptors (Lipinski definition) is 5. The van der Waals surface area contributed by atoms with Gasteiger partial charge in [-0.05, 0) is 48.6 Å². The minimum Gasteiger partial charge on any atom is -0.486 e. The quantitative estimate of drug-likeness (QED) is 0.421. The molecule has 0 fully saturated rings. The number of amides is 1. The predicted molar refractivity (Wildman–Crippen MR) is 125 cm³/mol. The van der Waals surface area contributed by atoms with Gasteiger partial charge in [0.2, 0.25) is 5.91 Å². The van der Waals surface area contributed by atoms with Crippen LogP contribution in [0.4, 0.5) is 5.69 Å². The highest BCUT2D eigenvalue weighted by Crippen LogP contribution is 2.24. The molecule has 0 saturated heterocycles. The maximum atomic E-state index is 12.5. The van der Waals surface area contributed by atoms with Gasteiger partial charge in [0.05, 0.1) is 5.75 Å². The smallest absolute Gasteiger partial charge is 0.234 e. The molecule has 0 radical (unpaired) electrons. The lowest BCUT2D eigenvalue weighted by Crippen LogP contribution is -2.14. The van der Waals surface area contributed by atoms with E-state index >= 15 is 0 Å². The largest absolute Gasteiger partial charge is 0.486 e. The highest BCUT2D eigenvalue weighted by Gasteiger charge is 2.13. The van der Waals surface area contributed by atoms with Crippen molar-refractivity contribution in [1.29, 1.82) is 0 Å². The van der Waals surface area contributed by atoms with E-state index in [1.54, 1.807) is 0 Å². The van der Waals surface area contributed by atoms with Gasteiger partial charge in [0.15, 0.2) is 11.0 Å². The molecule has 1 heterocycles. The Kier molecular flexibility index (Phi) is 6.23. The van der Waals surface area contributed by atoms with Gasteiger partial charge < -0.3 is 14.6 Å². The van der Waals surface area contributed by atoms with Crippen LogP contribution in [-0.2, 0) is 18.4 Å². The molecule has 0 aliphatic carbocycles. The minimum atomic E-state index is -0.0858. The Bertz CT molecular complexity index is 1210. The third-order valence-electron chi connectivity index (χ3n) is 4.88. The highest BCUT2D eigenvalue weighted by molar-refractivity contribution is 7.99. The van der Waals surface area contributed by atoms with Gasteiger partial charge in [-0.15, -0.1) is 10.2 Å². The molecule has 4 aromatic rings. The van der Waals surface area contributed by atoms with Gasteiger partial charge in [0, 0.05) is 18.1 Å². The molecule has 31 heavy (non-hydrogen) atoms. The third kappa shape index (κ3) is 5.06. The first kappa shape index (κ1) is 20.9. The van der Waals surface area contributed by atoms with Crippen LogP contribution in [0.1, 0.15) is 17.0 Å². The fourth-order valence-corrected chi connectivity index (χ4v) is 4.14. The summed E-state index contributed by atoms with van der Waals surface area (Å²) in [5, 5.41) is 14.2. The second-order valence-electron chi connectivity index (χ2n) is 7.43. The number of aromatic nitrogens is 3. The number of fused-ring (bicyclic) bond motifs is 1. The number of carbonyl (C=O) groups is 1. The molecular formula is C24H24N4O2S. The molecule has 158 valence electrons. The number of hydrogen-bond donors (Lipinski definition) is 1. The van der Waals surface area contributed by atoms with Crippen molar-refractivity contribution in [2.75, 3.05) is 11.1 Å². The third-order valence-corrected chi connectivity index (χ3v) is 5.90. The number of aryl methyl sites for hydroxylation is 2. The molecule has 0 spiro atoms. The van der Waals surface area contributed by atoms with Crippen molar-refractivity contribution >= 4 is 34.1 Å². The number of ether oxygens (including phenoxy) is 1. The second-order valence-corrected chi connectivity index (χ2v) is 8.38. The van der Waals surface area contributed by atoms with E-state index in [1.165, 1.54) is 11.8 Å². The summed E-state index contributed by atoms with van der Waals surface area (Å²) in [7, 11) is 1.88. The fraction of sp³-hybridized carbons (Fsp3) is 0.208. The second kappa shape index (κ2) is 9.22. The van der Waals surface area contributed by atoms with Gasteiger partial charge in [0.25, 0.3) is 0 Å². The number of thioether (sulfide) groups is 1. The van der Waals surface area contributed by atoms with Crippen molar-refractivity contribution in [3.63, 3.8) is 0 Å². The lowest BCUT2D eigenvalue weighted by Gasteiger charge is -2.09. The number of carbonyl (C=O) groups excluding carboxylic acids is 1. The van der Waals surface area contributed by atoms with Crippen LogP contribution in [0, 0.1) is 13.8 Å². The van der Waals surface area contributed by atoms with Gasteiger partial charge in [-0.2, -0.15) is 0 Å². The molecule has 0 atom stereocenters. The fourth-order valence-electron chi connectivity index (χ4n) is 3.41. The van der Waals surface area contributed by atoms with E-state index in [4.69, 9.17) is 4.74 Å². The van der Waals surface area contributed by atoms with Gasteiger partial charge in [-0.1, -0.05) is 54.2 Å². The molecule has 3 aromatic carbocycles. The normalized spacial score (nSPS) is 10.9. The topological polar surface area (TPSA) is 69.0 Å². The van der Waals surface area contributed by atoms with Crippen molar-refractivity contribution in [2.45, 2.75) is 25.6 Å². The van der Waals surface area contributed by atoms with Crippen LogP contribution < -0.4 is 10.1 Å². The summed E-state index contributed by atoms with van der Waals surface area (Å²) in [4.78, 5) is 12.5. The average molecular weight is 433 g/mol. The van der Waals surface area contributed by atoms with E-state index in [-0.39, 0.29) is 11.7 Å². The van der Waals surface area contributed by atoms with E-state index in [0.29, 0.717) is 17.6 Å². The Morgan fingerprint density at radius 2 is 1.77 bits per heavy atom. The van der Waals surface area contributed by atoms with E-state index in [9.17, 15) is 4.79 Å². The molecule has 0 aliphatic heterocycles. The molecule has 1 N–H and O–H groups in total. The summed E-state index contributed by atoms with van der Waals surface area (Å²) in [6.45, 7) is 4.40. The zero-order chi connectivity index (χ0) is 21.8. The van der Waals surface area contributed by atoms with E-state index < -0.39 is 0 Å². The maximum absolute atomic E-state index is 12.5. The van der Waals surface area contributed by atoms with Crippen LogP contribution in [0.15, 0.2) is 65.8 Å². The summed E-state index contributed by atoms with van der Waals surface area (Å²) in [6, 6.07) is 20.0. The Morgan fingerprint density at radius 1 is 1.03 bits per heavy atom. The molecule has 0 unspecified atom stereocenters. The van der Waals surface area contributed by atoms with Crippen LogP contribution in [0.25, 0.3) is 10.8 Å². The molecular weight excluding hydrogens is 408 g/mol. The Hall–Kier alpha value is -3.32. The Labute approximate surface area is 185 Å². The first-order valence-electron chi connectivity index (χ1n) is 9.99. The molecule has 7 heteroatoms. The summed E-state index contributed by atoms with van der Waals surface area (Å²) >= 11 is 1.35. The number of benzene rings is 3. The highest BCUT2D eigenvalue weighted by atomic mass is 32.2. The Morgan fingerprint density at radius 3 is 2.58 bits per heavy atom. The van der Waals surface area contributed by atoms with Crippen molar-refractivity contribution < 1.29 is 9.53 Å². The predicted octanol–water partition coefficient (Wildman–Crippen LogP) is 4.89. The standard InChI is InChI=1S/C24H24N4O2S/c1-16-11-17(2)13-19(12-16)30-14-22-26-27-24(28(22)3)31-15-23(29)25-21-10-6-8-18-7-4-5-9-20(18)21/h4-13H,14-15H2,1-3H3,(H,25,29). The van der Waals surface area contributed by atoms with Gasteiger partial charge in [-0.25, -0.2) is 0 Å². The first-order chi connectivity index (χ1) is 15.0.